The van der Waals surface area contributed by atoms with E-state index in [4.69, 9.17) is 4.74 Å². The maximum Gasteiger partial charge on any atom is 0.0969 e. The summed E-state index contributed by atoms with van der Waals surface area (Å²) in [6, 6.07) is 0. The van der Waals surface area contributed by atoms with E-state index in [2.05, 4.69) is 47.8 Å². The molecule has 1 heteroatoms. The van der Waals surface area contributed by atoms with Gasteiger partial charge in [0.15, 0.2) is 0 Å². The lowest BCUT2D eigenvalue weighted by Crippen LogP contribution is -2.15. The van der Waals surface area contributed by atoms with E-state index in [0.29, 0.717) is 5.92 Å². The Kier molecular flexibility index (Phi) is 6.47. The molecular weight excluding hydrogens is 196 g/mol. The lowest BCUT2D eigenvalue weighted by Gasteiger charge is -2.27. The summed E-state index contributed by atoms with van der Waals surface area (Å²) in [5.41, 5.74) is 0.262. The van der Waals surface area contributed by atoms with Crippen molar-refractivity contribution in [1.82, 2.24) is 0 Å². The number of hydrogen-bond donors (Lipinski definition) is 0. The Morgan fingerprint density at radius 1 is 1.19 bits per heavy atom. The van der Waals surface area contributed by atoms with Crippen LogP contribution in [-0.2, 0) is 4.74 Å². The first kappa shape index (κ1) is 15.3. The van der Waals surface area contributed by atoms with Crippen LogP contribution in [0.25, 0.3) is 0 Å². The van der Waals surface area contributed by atoms with E-state index in [9.17, 15) is 0 Å². The Bertz CT molecular complexity index is 236. The molecule has 0 spiro atoms. The molecule has 0 aliphatic heterocycles. The quantitative estimate of drug-likeness (QED) is 0.509. The van der Waals surface area contributed by atoms with Crippen LogP contribution in [0.2, 0.25) is 0 Å². The van der Waals surface area contributed by atoms with Gasteiger partial charge in [-0.25, -0.2) is 0 Å². The number of allylic oxidation sites excluding steroid dienone is 2. The van der Waals surface area contributed by atoms with Crippen molar-refractivity contribution >= 4 is 0 Å². The molecule has 0 heterocycles. The number of ether oxygens (including phenoxy) is 1. The van der Waals surface area contributed by atoms with Crippen LogP contribution in [-0.4, -0.2) is 0 Å². The van der Waals surface area contributed by atoms with E-state index >= 15 is 0 Å². The standard InChI is InChI=1S/C15H28O/c1-8-9-13(4)16-14(5)11-15(6,7)10-12(2)3/h12H,4-5,8-11H2,1-3,6-7H3. The third-order valence-electron chi connectivity index (χ3n) is 2.45. The second kappa shape index (κ2) is 6.78. The van der Waals surface area contributed by atoms with Gasteiger partial charge in [-0.3, -0.25) is 0 Å². The topological polar surface area (TPSA) is 9.23 Å². The summed E-state index contributed by atoms with van der Waals surface area (Å²) in [4.78, 5) is 0. The monoisotopic (exact) mass is 224 g/mol. The van der Waals surface area contributed by atoms with Crippen molar-refractivity contribution in [3.05, 3.63) is 24.7 Å². The highest BCUT2D eigenvalue weighted by Crippen LogP contribution is 2.32. The summed E-state index contributed by atoms with van der Waals surface area (Å²) in [5, 5.41) is 0. The first-order chi connectivity index (χ1) is 7.26. The summed E-state index contributed by atoms with van der Waals surface area (Å²) in [6.45, 7) is 19.0. The molecule has 0 aromatic carbocycles. The Balaban J connectivity index is 4.08. The first-order valence-corrected chi connectivity index (χ1v) is 6.30. The van der Waals surface area contributed by atoms with Gasteiger partial charge in [0.05, 0.1) is 11.5 Å². The minimum atomic E-state index is 0.262. The van der Waals surface area contributed by atoms with E-state index in [1.807, 2.05) is 0 Å². The molecule has 0 bridgehead atoms. The highest BCUT2D eigenvalue weighted by molar-refractivity contribution is 4.96. The van der Waals surface area contributed by atoms with Crippen LogP contribution in [0.4, 0.5) is 0 Å². The molecule has 94 valence electrons. The number of rotatable bonds is 8. The molecule has 1 nitrogen and oxygen atoms in total. The lowest BCUT2D eigenvalue weighted by molar-refractivity contribution is 0.209. The SMILES string of the molecule is C=C(CCC)OC(=C)CC(C)(C)CC(C)C. The molecule has 0 aromatic heterocycles. The zero-order valence-electron chi connectivity index (χ0n) is 11.7. The van der Waals surface area contributed by atoms with E-state index in [0.717, 1.165) is 30.8 Å². The average Bonchev–Trinajstić information content (AvgIpc) is 1.98. The van der Waals surface area contributed by atoms with E-state index in [1.54, 1.807) is 0 Å². The lowest BCUT2D eigenvalue weighted by atomic mass is 9.81. The molecule has 16 heavy (non-hydrogen) atoms. The van der Waals surface area contributed by atoms with E-state index in [1.165, 1.54) is 6.42 Å². The molecule has 0 rings (SSSR count). The van der Waals surface area contributed by atoms with Crippen molar-refractivity contribution in [3.8, 4) is 0 Å². The molecule has 0 unspecified atom stereocenters. The first-order valence-electron chi connectivity index (χ1n) is 6.30. The molecule has 0 N–H and O–H groups in total. The minimum Gasteiger partial charge on any atom is -0.467 e. The van der Waals surface area contributed by atoms with Gasteiger partial charge in [0, 0.05) is 12.8 Å². The normalized spacial score (nSPS) is 11.6. The predicted molar refractivity (Wildman–Crippen MR) is 72.1 cm³/mol. The molecule has 0 aromatic rings. The van der Waals surface area contributed by atoms with Crippen LogP contribution >= 0.6 is 0 Å². The average molecular weight is 224 g/mol. The third kappa shape index (κ3) is 7.56. The zero-order chi connectivity index (χ0) is 12.8. The smallest absolute Gasteiger partial charge is 0.0969 e. The minimum absolute atomic E-state index is 0.262. The van der Waals surface area contributed by atoms with Crippen molar-refractivity contribution in [2.75, 3.05) is 0 Å². The summed E-state index contributed by atoms with van der Waals surface area (Å²) in [5.74, 6) is 2.40. The molecule has 0 saturated carbocycles. The Labute approximate surface area is 102 Å². The largest absolute Gasteiger partial charge is 0.467 e. The molecule has 0 aliphatic rings. The van der Waals surface area contributed by atoms with Crippen molar-refractivity contribution in [2.45, 2.75) is 60.3 Å². The molecule has 0 atom stereocenters. The molecule has 0 fully saturated rings. The molecular formula is C15H28O. The second-order valence-corrected chi connectivity index (χ2v) is 5.87. The fraction of sp³-hybridized carbons (Fsp3) is 0.733. The van der Waals surface area contributed by atoms with Crippen molar-refractivity contribution in [3.63, 3.8) is 0 Å². The fourth-order valence-electron chi connectivity index (χ4n) is 2.28. The van der Waals surface area contributed by atoms with E-state index < -0.39 is 0 Å². The van der Waals surface area contributed by atoms with E-state index in [-0.39, 0.29) is 5.41 Å². The maximum absolute atomic E-state index is 5.62. The van der Waals surface area contributed by atoms with Gasteiger partial charge < -0.3 is 4.74 Å². The highest BCUT2D eigenvalue weighted by Gasteiger charge is 2.21. The highest BCUT2D eigenvalue weighted by atomic mass is 16.5. The fourth-order valence-corrected chi connectivity index (χ4v) is 2.28. The summed E-state index contributed by atoms with van der Waals surface area (Å²) in [6.07, 6.45) is 4.09. The van der Waals surface area contributed by atoms with Crippen LogP contribution in [0.15, 0.2) is 24.7 Å². The van der Waals surface area contributed by atoms with Gasteiger partial charge in [-0.15, -0.1) is 0 Å². The van der Waals surface area contributed by atoms with Gasteiger partial charge in [0.2, 0.25) is 0 Å². The Hall–Kier alpha value is -0.720. The van der Waals surface area contributed by atoms with Crippen LogP contribution in [0, 0.1) is 11.3 Å². The zero-order valence-corrected chi connectivity index (χ0v) is 11.7. The van der Waals surface area contributed by atoms with Crippen LogP contribution in [0.1, 0.15) is 60.3 Å². The maximum atomic E-state index is 5.62. The van der Waals surface area contributed by atoms with Crippen molar-refractivity contribution < 1.29 is 4.74 Å². The van der Waals surface area contributed by atoms with Gasteiger partial charge in [-0.2, -0.15) is 0 Å². The summed E-state index contributed by atoms with van der Waals surface area (Å²) < 4.78 is 5.62. The molecule has 0 amide bonds. The van der Waals surface area contributed by atoms with Gasteiger partial charge in [0.1, 0.15) is 0 Å². The molecule has 0 saturated heterocycles. The van der Waals surface area contributed by atoms with Gasteiger partial charge in [-0.05, 0) is 24.2 Å². The second-order valence-electron chi connectivity index (χ2n) is 5.87. The van der Waals surface area contributed by atoms with Crippen LogP contribution in [0.3, 0.4) is 0 Å². The van der Waals surface area contributed by atoms with Crippen LogP contribution in [0.5, 0.6) is 0 Å². The van der Waals surface area contributed by atoms with Gasteiger partial charge >= 0.3 is 0 Å². The molecule has 0 aliphatic carbocycles. The Morgan fingerprint density at radius 2 is 1.75 bits per heavy atom. The van der Waals surface area contributed by atoms with Crippen molar-refractivity contribution in [2.24, 2.45) is 11.3 Å². The third-order valence-corrected chi connectivity index (χ3v) is 2.45. The van der Waals surface area contributed by atoms with Crippen molar-refractivity contribution in [1.29, 1.82) is 0 Å². The van der Waals surface area contributed by atoms with Crippen LogP contribution < -0.4 is 0 Å². The number of hydrogen-bond acceptors (Lipinski definition) is 1. The molecule has 0 radical (unpaired) electrons. The summed E-state index contributed by atoms with van der Waals surface area (Å²) in [7, 11) is 0. The van der Waals surface area contributed by atoms with Gasteiger partial charge in [-0.1, -0.05) is 47.8 Å². The van der Waals surface area contributed by atoms with Gasteiger partial charge in [0.25, 0.3) is 0 Å². The Morgan fingerprint density at radius 3 is 2.19 bits per heavy atom. The predicted octanol–water partition coefficient (Wildman–Crippen LogP) is 5.29. The summed E-state index contributed by atoms with van der Waals surface area (Å²) >= 11 is 0.